The van der Waals surface area contributed by atoms with Gasteiger partial charge in [0.25, 0.3) is 5.91 Å². The zero-order chi connectivity index (χ0) is 20.1. The molecule has 0 saturated carbocycles. The molecule has 2 aromatic carbocycles. The van der Waals surface area contributed by atoms with E-state index in [-0.39, 0.29) is 28.5 Å². The van der Waals surface area contributed by atoms with Crippen LogP contribution in [0.2, 0.25) is 0 Å². The molecule has 2 rings (SSSR count). The summed E-state index contributed by atoms with van der Waals surface area (Å²) in [5.74, 6) is -0.571. The number of carbonyl (C=O) groups is 1. The van der Waals surface area contributed by atoms with Gasteiger partial charge < -0.3 is 15.5 Å². The molecule has 0 aliphatic rings. The lowest BCUT2D eigenvalue weighted by atomic mass is 9.89. The van der Waals surface area contributed by atoms with Crippen LogP contribution in [0.5, 0.6) is 11.5 Å². The maximum atomic E-state index is 12.5. The highest BCUT2D eigenvalue weighted by Gasteiger charge is 2.24. The Morgan fingerprint density at radius 2 is 1.89 bits per heavy atom. The minimum Gasteiger partial charge on any atom is -0.507 e. The van der Waals surface area contributed by atoms with E-state index >= 15 is 0 Å². The molecule has 4 heteroatoms. The first-order valence-corrected chi connectivity index (χ1v) is 9.38. The summed E-state index contributed by atoms with van der Waals surface area (Å²) in [4.78, 5) is 12.5. The highest BCUT2D eigenvalue weighted by molar-refractivity contribution is 6.02. The van der Waals surface area contributed by atoms with Gasteiger partial charge in [-0.05, 0) is 49.4 Å². The van der Waals surface area contributed by atoms with Gasteiger partial charge >= 0.3 is 0 Å². The minimum atomic E-state index is -0.357. The Morgan fingerprint density at radius 1 is 1.19 bits per heavy atom. The number of aromatic hydroxyl groups is 2. The van der Waals surface area contributed by atoms with E-state index in [0.717, 1.165) is 36.0 Å². The van der Waals surface area contributed by atoms with Crippen LogP contribution in [0.25, 0.3) is 16.7 Å². The predicted molar refractivity (Wildman–Crippen MR) is 111 cm³/mol. The van der Waals surface area contributed by atoms with E-state index < -0.39 is 0 Å². The van der Waals surface area contributed by atoms with E-state index in [1.807, 2.05) is 32.0 Å². The summed E-state index contributed by atoms with van der Waals surface area (Å²) in [6.45, 7) is 9.92. The number of carbonyl (C=O) groups excluding carboxylic acids is 1. The van der Waals surface area contributed by atoms with Gasteiger partial charge in [-0.2, -0.15) is 0 Å². The van der Waals surface area contributed by atoms with E-state index in [4.69, 9.17) is 0 Å². The van der Waals surface area contributed by atoms with E-state index in [0.29, 0.717) is 17.5 Å². The molecule has 0 bridgehead atoms. The van der Waals surface area contributed by atoms with E-state index in [1.54, 1.807) is 6.07 Å². The van der Waals surface area contributed by atoms with Gasteiger partial charge in [-0.1, -0.05) is 55.7 Å². The lowest BCUT2D eigenvalue weighted by molar-refractivity contribution is 0.0959. The van der Waals surface area contributed by atoms with Gasteiger partial charge in [-0.25, -0.2) is 0 Å². The highest BCUT2D eigenvalue weighted by Crippen LogP contribution is 2.44. The molecule has 0 radical (unpaired) electrons. The van der Waals surface area contributed by atoms with Crippen LogP contribution in [0.4, 0.5) is 0 Å². The maximum absolute atomic E-state index is 12.5. The number of amides is 1. The zero-order valence-electron chi connectivity index (χ0n) is 16.6. The fourth-order valence-electron chi connectivity index (χ4n) is 3.35. The molecule has 0 aliphatic heterocycles. The number of rotatable bonds is 7. The second-order valence-electron chi connectivity index (χ2n) is 7.02. The first kappa shape index (κ1) is 20.6. The van der Waals surface area contributed by atoms with Gasteiger partial charge in [0.15, 0.2) is 0 Å². The maximum Gasteiger partial charge on any atom is 0.255 e. The molecule has 1 amide bonds. The van der Waals surface area contributed by atoms with Gasteiger partial charge in [-0.3, -0.25) is 4.79 Å². The molecule has 0 saturated heterocycles. The Kier molecular flexibility index (Phi) is 6.67. The molecule has 27 heavy (non-hydrogen) atoms. The predicted octanol–water partition coefficient (Wildman–Crippen LogP) is 5.20. The first-order valence-electron chi connectivity index (χ1n) is 9.38. The van der Waals surface area contributed by atoms with Crippen molar-refractivity contribution in [2.45, 2.75) is 46.5 Å². The van der Waals surface area contributed by atoms with E-state index in [9.17, 15) is 15.0 Å². The number of nitrogens with one attached hydrogen (secondary N) is 1. The van der Waals surface area contributed by atoms with Crippen LogP contribution in [-0.2, 0) is 6.42 Å². The van der Waals surface area contributed by atoms with Crippen molar-refractivity contribution < 1.29 is 15.0 Å². The van der Waals surface area contributed by atoms with Crippen LogP contribution in [0.15, 0.2) is 30.8 Å². The minimum absolute atomic E-state index is 0.0280. The van der Waals surface area contributed by atoms with Crippen LogP contribution in [0.3, 0.4) is 0 Å². The van der Waals surface area contributed by atoms with Crippen molar-refractivity contribution in [1.29, 1.82) is 0 Å². The zero-order valence-corrected chi connectivity index (χ0v) is 16.6. The molecule has 144 valence electrons. The molecule has 0 atom stereocenters. The summed E-state index contributed by atoms with van der Waals surface area (Å²) in [5, 5.41) is 24.3. The lowest BCUT2D eigenvalue weighted by Gasteiger charge is -2.18. The van der Waals surface area contributed by atoms with Crippen molar-refractivity contribution >= 4 is 11.5 Å². The van der Waals surface area contributed by atoms with Crippen molar-refractivity contribution in [3.05, 3.63) is 53.1 Å². The van der Waals surface area contributed by atoms with Crippen molar-refractivity contribution in [1.82, 2.24) is 5.32 Å². The number of benzene rings is 2. The third kappa shape index (κ3) is 4.33. The largest absolute Gasteiger partial charge is 0.507 e. The molecule has 4 nitrogen and oxygen atoms in total. The summed E-state index contributed by atoms with van der Waals surface area (Å²) < 4.78 is 0. The molecule has 0 unspecified atom stereocenters. The summed E-state index contributed by atoms with van der Waals surface area (Å²) in [6.07, 6.45) is 3.59. The van der Waals surface area contributed by atoms with E-state index in [1.165, 1.54) is 7.05 Å². The summed E-state index contributed by atoms with van der Waals surface area (Å²) >= 11 is 0. The summed E-state index contributed by atoms with van der Waals surface area (Å²) in [5.41, 5.74) is 4.46. The highest BCUT2D eigenvalue weighted by atomic mass is 16.3. The Bertz CT molecular complexity index is 868. The topological polar surface area (TPSA) is 69.6 Å². The molecule has 0 spiro atoms. The Hall–Kier alpha value is -2.75. The number of unbranched alkanes of at least 4 members (excludes halogenated alkanes) is 2. The Labute approximate surface area is 161 Å². The smallest absolute Gasteiger partial charge is 0.255 e. The van der Waals surface area contributed by atoms with Crippen molar-refractivity contribution in [2.75, 3.05) is 7.05 Å². The molecule has 0 aromatic heterocycles. The van der Waals surface area contributed by atoms with Crippen LogP contribution in [0.1, 0.15) is 60.2 Å². The van der Waals surface area contributed by atoms with Gasteiger partial charge in [0.2, 0.25) is 0 Å². The molecular weight excluding hydrogens is 338 g/mol. The summed E-state index contributed by atoms with van der Waals surface area (Å²) in [6, 6.07) is 7.38. The average Bonchev–Trinajstić information content (AvgIpc) is 2.61. The van der Waals surface area contributed by atoms with Gasteiger partial charge in [0.1, 0.15) is 11.5 Å². The average molecular weight is 367 g/mol. The third-order valence-electron chi connectivity index (χ3n) is 4.77. The standard InChI is InChI=1S/C23H29NO3/c1-6-7-8-9-16-13-19(25)21(22(26)20(16)23(27)24-5)18-12-15(4)10-11-17(18)14(2)3/h10-13,25-26H,2,6-9H2,1,3-5H3,(H,24,27). The SMILES string of the molecule is C=C(C)c1ccc(C)cc1-c1c(O)cc(CCCCC)c(C(=O)NC)c1O. The Balaban J connectivity index is 2.74. The van der Waals surface area contributed by atoms with E-state index in [2.05, 4.69) is 18.8 Å². The second-order valence-corrected chi connectivity index (χ2v) is 7.02. The molecule has 3 N–H and O–H groups in total. The van der Waals surface area contributed by atoms with Crippen LogP contribution >= 0.6 is 0 Å². The van der Waals surface area contributed by atoms with Crippen molar-refractivity contribution in [2.24, 2.45) is 0 Å². The number of phenolic OH excluding ortho intramolecular Hbond substituents is 2. The van der Waals surface area contributed by atoms with Gasteiger partial charge in [0, 0.05) is 7.05 Å². The summed E-state index contributed by atoms with van der Waals surface area (Å²) in [7, 11) is 1.54. The molecule has 2 aromatic rings. The third-order valence-corrected chi connectivity index (χ3v) is 4.77. The number of phenols is 2. The van der Waals surface area contributed by atoms with Gasteiger partial charge in [0.05, 0.1) is 11.1 Å². The lowest BCUT2D eigenvalue weighted by Crippen LogP contribution is -2.20. The van der Waals surface area contributed by atoms with Gasteiger partial charge in [-0.15, -0.1) is 0 Å². The van der Waals surface area contributed by atoms with Crippen LogP contribution in [-0.4, -0.2) is 23.2 Å². The molecular formula is C23H29NO3. The second kappa shape index (κ2) is 8.76. The number of allylic oxidation sites excluding steroid dienone is 1. The Morgan fingerprint density at radius 3 is 2.48 bits per heavy atom. The fourth-order valence-corrected chi connectivity index (χ4v) is 3.35. The van der Waals surface area contributed by atoms with Crippen LogP contribution < -0.4 is 5.32 Å². The van der Waals surface area contributed by atoms with Crippen molar-refractivity contribution in [3.63, 3.8) is 0 Å². The fraction of sp³-hybridized carbons (Fsp3) is 0.348. The normalized spacial score (nSPS) is 10.7. The molecule has 0 fully saturated rings. The molecule has 0 heterocycles. The first-order chi connectivity index (χ1) is 12.8. The number of hydrogen-bond acceptors (Lipinski definition) is 3. The number of hydrogen-bond donors (Lipinski definition) is 3. The quantitative estimate of drug-likeness (QED) is 0.589. The molecule has 0 aliphatic carbocycles. The van der Waals surface area contributed by atoms with Crippen LogP contribution in [0, 0.1) is 6.92 Å². The monoisotopic (exact) mass is 367 g/mol. The van der Waals surface area contributed by atoms with Crippen molar-refractivity contribution in [3.8, 4) is 22.6 Å². The number of aryl methyl sites for hydroxylation is 2.